The van der Waals surface area contributed by atoms with E-state index in [9.17, 15) is 4.79 Å². The second-order valence-corrected chi connectivity index (χ2v) is 4.64. The molecule has 1 aromatic heterocycles. The number of carbonyl (C=O) groups excluding carboxylic acids is 1. The summed E-state index contributed by atoms with van der Waals surface area (Å²) in [7, 11) is 1.70. The van der Waals surface area contributed by atoms with Crippen molar-refractivity contribution in [1.29, 1.82) is 0 Å². The molecule has 0 aliphatic rings. The van der Waals surface area contributed by atoms with E-state index in [-0.39, 0.29) is 22.9 Å². The Morgan fingerprint density at radius 2 is 2.28 bits per heavy atom. The molecule has 0 saturated carbocycles. The van der Waals surface area contributed by atoms with Crippen molar-refractivity contribution in [1.82, 2.24) is 9.88 Å². The first-order chi connectivity index (χ1) is 8.41. The maximum absolute atomic E-state index is 12.0. The van der Waals surface area contributed by atoms with Crippen molar-refractivity contribution < 1.29 is 9.53 Å². The highest BCUT2D eigenvalue weighted by Gasteiger charge is 2.13. The fraction of sp³-hybridized carbons (Fsp3) is 0.500. The van der Waals surface area contributed by atoms with E-state index in [4.69, 9.17) is 22.1 Å². The number of pyridine rings is 1. The Balaban J connectivity index is 2.60. The number of hydrogen-bond acceptors (Lipinski definition) is 4. The van der Waals surface area contributed by atoms with Crippen molar-refractivity contribution in [2.45, 2.75) is 20.0 Å². The minimum atomic E-state index is -0.156. The first-order valence-electron chi connectivity index (χ1n) is 5.70. The number of nitrogen functional groups attached to an aromatic ring is 1. The van der Waals surface area contributed by atoms with Gasteiger partial charge in [0.05, 0.1) is 23.3 Å². The van der Waals surface area contributed by atoms with Crippen LogP contribution in [0.25, 0.3) is 0 Å². The highest BCUT2D eigenvalue weighted by Crippen LogP contribution is 2.17. The zero-order valence-corrected chi connectivity index (χ0v) is 11.6. The zero-order chi connectivity index (χ0) is 13.7. The quantitative estimate of drug-likeness (QED) is 0.887. The molecule has 1 amide bonds. The molecule has 6 heteroatoms. The van der Waals surface area contributed by atoms with Gasteiger partial charge >= 0.3 is 0 Å². The van der Waals surface area contributed by atoms with Gasteiger partial charge in [0.25, 0.3) is 5.91 Å². The molecule has 0 saturated heterocycles. The number of nitrogens with zero attached hydrogens (tertiary/aromatic N) is 2. The summed E-state index contributed by atoms with van der Waals surface area (Å²) >= 11 is 5.83. The Morgan fingerprint density at radius 1 is 1.61 bits per heavy atom. The number of nitrogens with two attached hydrogens (primary N) is 1. The minimum absolute atomic E-state index is 0.154. The predicted octanol–water partition coefficient (Wildman–Crippen LogP) is 1.81. The Morgan fingerprint density at radius 3 is 2.83 bits per heavy atom. The number of ether oxygens (including phenoxy) is 1. The summed E-state index contributed by atoms with van der Waals surface area (Å²) in [5, 5.41) is 0.285. The monoisotopic (exact) mass is 271 g/mol. The molecule has 0 atom stereocenters. The summed E-state index contributed by atoms with van der Waals surface area (Å²) in [4.78, 5) is 17.4. The molecule has 18 heavy (non-hydrogen) atoms. The van der Waals surface area contributed by atoms with Crippen LogP contribution in [0.2, 0.25) is 5.02 Å². The number of hydrogen-bond donors (Lipinski definition) is 1. The number of amides is 1. The lowest BCUT2D eigenvalue weighted by atomic mass is 10.2. The number of anilines is 1. The summed E-state index contributed by atoms with van der Waals surface area (Å²) in [6.45, 7) is 4.91. The molecule has 1 rings (SSSR count). The van der Waals surface area contributed by atoms with Crippen LogP contribution >= 0.6 is 11.6 Å². The number of halogens is 1. The summed E-state index contributed by atoms with van der Waals surface area (Å²) in [5.74, 6) is 0.0655. The van der Waals surface area contributed by atoms with Crippen molar-refractivity contribution in [3.8, 4) is 0 Å². The molecule has 0 unspecified atom stereocenters. The van der Waals surface area contributed by atoms with Crippen molar-refractivity contribution in [3.05, 3.63) is 22.8 Å². The summed E-state index contributed by atoms with van der Waals surface area (Å²) < 4.78 is 5.39. The van der Waals surface area contributed by atoms with Gasteiger partial charge < -0.3 is 15.4 Å². The maximum Gasteiger partial charge on any atom is 0.255 e. The van der Waals surface area contributed by atoms with Gasteiger partial charge in [0.1, 0.15) is 5.82 Å². The molecule has 1 aromatic rings. The van der Waals surface area contributed by atoms with Crippen LogP contribution in [-0.2, 0) is 4.74 Å². The van der Waals surface area contributed by atoms with Crippen LogP contribution in [0, 0.1) is 0 Å². The van der Waals surface area contributed by atoms with E-state index in [1.54, 1.807) is 11.9 Å². The van der Waals surface area contributed by atoms with Gasteiger partial charge in [-0.25, -0.2) is 4.98 Å². The molecule has 0 aromatic carbocycles. The molecule has 5 nitrogen and oxygen atoms in total. The fourth-order valence-corrected chi connectivity index (χ4v) is 1.48. The third-order valence-electron chi connectivity index (χ3n) is 2.34. The van der Waals surface area contributed by atoms with E-state index < -0.39 is 0 Å². The summed E-state index contributed by atoms with van der Waals surface area (Å²) in [6, 6.07) is 1.52. The second-order valence-electron chi connectivity index (χ2n) is 4.24. The largest absolute Gasteiger partial charge is 0.382 e. The third kappa shape index (κ3) is 4.16. The highest BCUT2D eigenvalue weighted by atomic mass is 35.5. The first kappa shape index (κ1) is 14.7. The standard InChI is InChI=1S/C12H18ClN3O2/c1-8(2)18-5-4-16(3)12(17)9-6-10(13)11(14)15-7-9/h6-8H,4-5H2,1-3H3,(H2,14,15). The number of likely N-dealkylation sites (N-methyl/N-ethyl adjacent to an activating group) is 1. The van der Waals surface area contributed by atoms with Crippen molar-refractivity contribution in [2.24, 2.45) is 0 Å². The molecule has 1 heterocycles. The third-order valence-corrected chi connectivity index (χ3v) is 2.64. The number of aromatic nitrogens is 1. The first-order valence-corrected chi connectivity index (χ1v) is 6.07. The molecule has 100 valence electrons. The SMILES string of the molecule is CC(C)OCCN(C)C(=O)c1cnc(N)c(Cl)c1. The van der Waals surface area contributed by atoms with E-state index in [0.717, 1.165) is 0 Å². The van der Waals surface area contributed by atoms with Gasteiger partial charge in [0.15, 0.2) is 0 Å². The van der Waals surface area contributed by atoms with Gasteiger partial charge in [0, 0.05) is 19.8 Å². The van der Waals surface area contributed by atoms with Gasteiger partial charge in [-0.1, -0.05) is 11.6 Å². The maximum atomic E-state index is 12.0. The summed E-state index contributed by atoms with van der Waals surface area (Å²) in [6.07, 6.45) is 1.57. The molecule has 2 N–H and O–H groups in total. The molecule has 0 radical (unpaired) electrons. The summed E-state index contributed by atoms with van der Waals surface area (Å²) in [5.41, 5.74) is 5.91. The van der Waals surface area contributed by atoms with E-state index >= 15 is 0 Å². The van der Waals surface area contributed by atoms with Crippen molar-refractivity contribution >= 4 is 23.3 Å². The average Bonchev–Trinajstić information content (AvgIpc) is 2.31. The lowest BCUT2D eigenvalue weighted by molar-refractivity contribution is 0.0532. The normalized spacial score (nSPS) is 10.7. The lowest BCUT2D eigenvalue weighted by Gasteiger charge is -2.18. The molecule has 0 fully saturated rings. The van der Waals surface area contributed by atoms with Crippen LogP contribution in [0.15, 0.2) is 12.3 Å². The molecule has 0 spiro atoms. The predicted molar refractivity (Wildman–Crippen MR) is 71.7 cm³/mol. The van der Waals surface area contributed by atoms with Crippen LogP contribution in [-0.4, -0.2) is 42.1 Å². The molecule has 0 aliphatic heterocycles. The second kappa shape index (κ2) is 6.56. The molecular weight excluding hydrogens is 254 g/mol. The highest BCUT2D eigenvalue weighted by molar-refractivity contribution is 6.33. The average molecular weight is 272 g/mol. The van der Waals surface area contributed by atoms with Gasteiger partial charge in [-0.15, -0.1) is 0 Å². The zero-order valence-electron chi connectivity index (χ0n) is 10.8. The van der Waals surface area contributed by atoms with E-state index in [0.29, 0.717) is 18.7 Å². The van der Waals surface area contributed by atoms with Crippen LogP contribution < -0.4 is 5.73 Å². The molecule has 0 bridgehead atoms. The van der Waals surface area contributed by atoms with Gasteiger partial charge in [-0.05, 0) is 19.9 Å². The Labute approximate surface area is 112 Å². The molecule has 0 aliphatic carbocycles. The Kier molecular flexibility index (Phi) is 5.37. The topological polar surface area (TPSA) is 68.5 Å². The van der Waals surface area contributed by atoms with Crippen molar-refractivity contribution in [3.63, 3.8) is 0 Å². The fourth-order valence-electron chi connectivity index (χ4n) is 1.31. The van der Waals surface area contributed by atoms with E-state index in [1.807, 2.05) is 13.8 Å². The van der Waals surface area contributed by atoms with Crippen molar-refractivity contribution in [2.75, 3.05) is 25.9 Å². The van der Waals surface area contributed by atoms with Gasteiger partial charge in [-0.2, -0.15) is 0 Å². The smallest absolute Gasteiger partial charge is 0.255 e. The van der Waals surface area contributed by atoms with Gasteiger partial charge in [0.2, 0.25) is 0 Å². The number of rotatable bonds is 5. The van der Waals surface area contributed by atoms with Crippen LogP contribution in [0.1, 0.15) is 24.2 Å². The minimum Gasteiger partial charge on any atom is -0.382 e. The number of carbonyl (C=O) groups is 1. The lowest BCUT2D eigenvalue weighted by Crippen LogP contribution is -2.30. The van der Waals surface area contributed by atoms with Crippen LogP contribution in [0.3, 0.4) is 0 Å². The van der Waals surface area contributed by atoms with Crippen LogP contribution in [0.4, 0.5) is 5.82 Å². The molecular formula is C12H18ClN3O2. The Hall–Kier alpha value is -1.33. The van der Waals surface area contributed by atoms with Gasteiger partial charge in [-0.3, -0.25) is 4.79 Å². The Bertz CT molecular complexity index is 424. The van der Waals surface area contributed by atoms with Crippen LogP contribution in [0.5, 0.6) is 0 Å². The van der Waals surface area contributed by atoms with E-state index in [1.165, 1.54) is 12.3 Å². The van der Waals surface area contributed by atoms with E-state index in [2.05, 4.69) is 4.98 Å².